The Balaban J connectivity index is 1.79. The molecule has 1 saturated heterocycles. The SMILES string of the molecule is Cc1nccc(C(=O)N[C@H](CN2CCCC2=O)c2ccccc2)n1. The van der Waals surface area contributed by atoms with Crippen molar-refractivity contribution in [1.29, 1.82) is 0 Å². The van der Waals surface area contributed by atoms with Crippen molar-refractivity contribution in [3.63, 3.8) is 0 Å². The van der Waals surface area contributed by atoms with Crippen LogP contribution in [0.5, 0.6) is 0 Å². The molecule has 0 aliphatic carbocycles. The number of rotatable bonds is 5. The maximum atomic E-state index is 12.5. The summed E-state index contributed by atoms with van der Waals surface area (Å²) in [4.78, 5) is 34.4. The molecule has 0 radical (unpaired) electrons. The molecule has 0 saturated carbocycles. The Hall–Kier alpha value is -2.76. The number of carbonyl (C=O) groups excluding carboxylic acids is 2. The van der Waals surface area contributed by atoms with Gasteiger partial charge in [-0.25, -0.2) is 9.97 Å². The predicted octanol–water partition coefficient (Wildman–Crippen LogP) is 1.88. The van der Waals surface area contributed by atoms with E-state index in [0.29, 0.717) is 24.5 Å². The predicted molar refractivity (Wildman–Crippen MR) is 89.2 cm³/mol. The largest absolute Gasteiger partial charge is 0.342 e. The van der Waals surface area contributed by atoms with Crippen molar-refractivity contribution < 1.29 is 9.59 Å². The summed E-state index contributed by atoms with van der Waals surface area (Å²) < 4.78 is 0. The van der Waals surface area contributed by atoms with Crippen molar-refractivity contribution in [2.24, 2.45) is 0 Å². The normalized spacial score (nSPS) is 15.4. The molecule has 0 unspecified atom stereocenters. The molecule has 6 heteroatoms. The highest BCUT2D eigenvalue weighted by Gasteiger charge is 2.25. The molecular weight excluding hydrogens is 304 g/mol. The number of nitrogens with zero attached hydrogens (tertiary/aromatic N) is 3. The number of hydrogen-bond acceptors (Lipinski definition) is 4. The standard InChI is InChI=1S/C18H20N4O2/c1-13-19-10-9-15(20-13)18(24)21-16(14-6-3-2-4-7-14)12-22-11-5-8-17(22)23/h2-4,6-7,9-10,16H,5,8,11-12H2,1H3,(H,21,24)/t16-/m1/s1. The van der Waals surface area contributed by atoms with Gasteiger partial charge in [0.15, 0.2) is 0 Å². The molecule has 2 heterocycles. The molecule has 124 valence electrons. The van der Waals surface area contributed by atoms with E-state index < -0.39 is 0 Å². The van der Waals surface area contributed by atoms with E-state index in [4.69, 9.17) is 0 Å². The van der Waals surface area contributed by atoms with Gasteiger partial charge >= 0.3 is 0 Å². The molecule has 1 fully saturated rings. The first-order valence-corrected chi connectivity index (χ1v) is 8.07. The third-order valence-electron chi connectivity index (χ3n) is 4.09. The van der Waals surface area contributed by atoms with Gasteiger partial charge in [0.2, 0.25) is 5.91 Å². The lowest BCUT2D eigenvalue weighted by atomic mass is 10.1. The fourth-order valence-corrected chi connectivity index (χ4v) is 2.85. The minimum Gasteiger partial charge on any atom is -0.342 e. The summed E-state index contributed by atoms with van der Waals surface area (Å²) in [7, 11) is 0. The fourth-order valence-electron chi connectivity index (χ4n) is 2.85. The Morgan fingerprint density at radius 2 is 2.08 bits per heavy atom. The van der Waals surface area contributed by atoms with E-state index in [9.17, 15) is 9.59 Å². The molecule has 1 aromatic heterocycles. The topological polar surface area (TPSA) is 75.2 Å². The van der Waals surface area contributed by atoms with Crippen LogP contribution in [0.15, 0.2) is 42.6 Å². The van der Waals surface area contributed by atoms with Crippen LogP contribution in [0.4, 0.5) is 0 Å². The minimum absolute atomic E-state index is 0.142. The summed E-state index contributed by atoms with van der Waals surface area (Å²) in [5, 5.41) is 3.00. The summed E-state index contributed by atoms with van der Waals surface area (Å²) in [6.45, 7) is 2.96. The maximum Gasteiger partial charge on any atom is 0.270 e. The van der Waals surface area contributed by atoms with Crippen molar-refractivity contribution >= 4 is 11.8 Å². The molecule has 1 aliphatic heterocycles. The Morgan fingerprint density at radius 1 is 1.29 bits per heavy atom. The van der Waals surface area contributed by atoms with Gasteiger partial charge in [0.05, 0.1) is 6.04 Å². The van der Waals surface area contributed by atoms with Crippen LogP contribution in [0.2, 0.25) is 0 Å². The average Bonchev–Trinajstić information content (AvgIpc) is 3.00. The number of nitrogens with one attached hydrogen (secondary N) is 1. The number of aryl methyl sites for hydroxylation is 1. The molecule has 0 spiro atoms. The van der Waals surface area contributed by atoms with E-state index in [0.717, 1.165) is 18.5 Å². The van der Waals surface area contributed by atoms with Crippen molar-refractivity contribution in [3.05, 3.63) is 59.7 Å². The second kappa shape index (κ2) is 7.21. The first-order valence-electron chi connectivity index (χ1n) is 8.07. The minimum atomic E-state index is -0.268. The third kappa shape index (κ3) is 3.76. The summed E-state index contributed by atoms with van der Waals surface area (Å²) in [5.41, 5.74) is 1.30. The number of benzene rings is 1. The first kappa shape index (κ1) is 16.1. The number of amides is 2. The quantitative estimate of drug-likeness (QED) is 0.911. The average molecular weight is 324 g/mol. The molecule has 6 nitrogen and oxygen atoms in total. The van der Waals surface area contributed by atoms with E-state index in [-0.39, 0.29) is 17.9 Å². The highest BCUT2D eigenvalue weighted by Crippen LogP contribution is 2.19. The van der Waals surface area contributed by atoms with Crippen molar-refractivity contribution in [2.45, 2.75) is 25.8 Å². The zero-order chi connectivity index (χ0) is 16.9. The number of aromatic nitrogens is 2. The molecule has 1 aromatic carbocycles. The van der Waals surface area contributed by atoms with Crippen molar-refractivity contribution in [1.82, 2.24) is 20.2 Å². The van der Waals surface area contributed by atoms with E-state index in [1.807, 2.05) is 35.2 Å². The lowest BCUT2D eigenvalue weighted by Gasteiger charge is -2.25. The zero-order valence-electron chi connectivity index (χ0n) is 13.6. The van der Waals surface area contributed by atoms with Crippen LogP contribution < -0.4 is 5.32 Å². The molecule has 1 aliphatic rings. The second-order valence-corrected chi connectivity index (χ2v) is 5.87. The summed E-state index contributed by atoms with van der Waals surface area (Å²) in [6.07, 6.45) is 3.03. The van der Waals surface area contributed by atoms with Crippen LogP contribution in [-0.2, 0) is 4.79 Å². The third-order valence-corrected chi connectivity index (χ3v) is 4.09. The van der Waals surface area contributed by atoms with Crippen molar-refractivity contribution in [3.8, 4) is 0 Å². The van der Waals surface area contributed by atoms with Gasteiger partial charge < -0.3 is 10.2 Å². The van der Waals surface area contributed by atoms with Gasteiger partial charge in [0.25, 0.3) is 5.91 Å². The lowest BCUT2D eigenvalue weighted by molar-refractivity contribution is -0.128. The van der Waals surface area contributed by atoms with Crippen LogP contribution >= 0.6 is 0 Å². The van der Waals surface area contributed by atoms with Gasteiger partial charge in [-0.3, -0.25) is 9.59 Å². The molecule has 1 atom stereocenters. The smallest absolute Gasteiger partial charge is 0.270 e. The summed E-state index contributed by atoms with van der Waals surface area (Å²) >= 11 is 0. The van der Waals surface area contributed by atoms with Crippen LogP contribution in [0, 0.1) is 6.92 Å². The Labute approximate surface area is 140 Å². The highest BCUT2D eigenvalue weighted by atomic mass is 16.2. The van der Waals surface area contributed by atoms with Gasteiger partial charge in [0, 0.05) is 25.7 Å². The van der Waals surface area contributed by atoms with E-state index in [1.165, 1.54) is 0 Å². The molecule has 1 N–H and O–H groups in total. The Morgan fingerprint density at radius 3 is 2.75 bits per heavy atom. The molecule has 3 rings (SSSR count). The second-order valence-electron chi connectivity index (χ2n) is 5.87. The number of carbonyl (C=O) groups is 2. The van der Waals surface area contributed by atoms with Gasteiger partial charge in [-0.05, 0) is 25.0 Å². The lowest BCUT2D eigenvalue weighted by Crippen LogP contribution is -2.38. The molecule has 2 amide bonds. The van der Waals surface area contributed by atoms with Gasteiger partial charge in [0.1, 0.15) is 11.5 Å². The van der Waals surface area contributed by atoms with E-state index in [2.05, 4.69) is 15.3 Å². The molecular formula is C18H20N4O2. The van der Waals surface area contributed by atoms with Crippen LogP contribution in [-0.4, -0.2) is 39.8 Å². The fraction of sp³-hybridized carbons (Fsp3) is 0.333. The van der Waals surface area contributed by atoms with E-state index >= 15 is 0 Å². The van der Waals surface area contributed by atoms with Gasteiger partial charge in [-0.2, -0.15) is 0 Å². The van der Waals surface area contributed by atoms with Gasteiger partial charge in [-0.1, -0.05) is 30.3 Å². The highest BCUT2D eigenvalue weighted by molar-refractivity contribution is 5.92. The first-order chi connectivity index (χ1) is 11.6. The van der Waals surface area contributed by atoms with Crippen molar-refractivity contribution in [2.75, 3.05) is 13.1 Å². The maximum absolute atomic E-state index is 12.5. The monoisotopic (exact) mass is 324 g/mol. The van der Waals surface area contributed by atoms with Crippen LogP contribution in [0.1, 0.15) is 40.8 Å². The Kier molecular flexibility index (Phi) is 4.84. The van der Waals surface area contributed by atoms with E-state index in [1.54, 1.807) is 19.2 Å². The van der Waals surface area contributed by atoms with Crippen LogP contribution in [0.25, 0.3) is 0 Å². The molecule has 24 heavy (non-hydrogen) atoms. The Bertz CT molecular complexity index is 733. The van der Waals surface area contributed by atoms with Crippen LogP contribution in [0.3, 0.4) is 0 Å². The zero-order valence-corrected chi connectivity index (χ0v) is 13.6. The van der Waals surface area contributed by atoms with Gasteiger partial charge in [-0.15, -0.1) is 0 Å². The molecule has 0 bridgehead atoms. The number of likely N-dealkylation sites (tertiary alicyclic amines) is 1. The number of hydrogen-bond donors (Lipinski definition) is 1. The molecule has 2 aromatic rings. The summed E-state index contributed by atoms with van der Waals surface area (Å²) in [6, 6.07) is 11.0. The summed E-state index contributed by atoms with van der Waals surface area (Å²) in [5.74, 6) is 0.428.